The molecule has 1 aliphatic heterocycles. The summed E-state index contributed by atoms with van der Waals surface area (Å²) < 4.78 is 2.17. The van der Waals surface area contributed by atoms with Gasteiger partial charge in [-0.05, 0) is 45.5 Å². The normalized spacial score (nSPS) is 20.3. The van der Waals surface area contributed by atoms with Crippen molar-refractivity contribution < 1.29 is 0 Å². The Morgan fingerprint density at radius 2 is 2.10 bits per heavy atom. The fourth-order valence-electron chi connectivity index (χ4n) is 2.57. The van der Waals surface area contributed by atoms with Crippen molar-refractivity contribution in [1.29, 1.82) is 0 Å². The van der Waals surface area contributed by atoms with Crippen molar-refractivity contribution in [1.82, 2.24) is 20.1 Å². The summed E-state index contributed by atoms with van der Waals surface area (Å²) in [7, 11) is 2.19. The van der Waals surface area contributed by atoms with Gasteiger partial charge in [-0.1, -0.05) is 0 Å². The topological polar surface area (TPSA) is 44.6 Å². The number of hydrogen-bond acceptors (Lipinski definition) is 2. The van der Waals surface area contributed by atoms with Gasteiger partial charge in [0.15, 0.2) is 5.96 Å². The number of aliphatic imine (C=N–C) groups is 1. The summed E-state index contributed by atoms with van der Waals surface area (Å²) >= 11 is 0. The Morgan fingerprint density at radius 1 is 1.30 bits per heavy atom. The van der Waals surface area contributed by atoms with Crippen LogP contribution in [0.4, 0.5) is 0 Å². The average Bonchev–Trinajstić information content (AvgIpc) is 3.08. The molecule has 1 aromatic heterocycles. The molecule has 1 fully saturated rings. The first-order valence-corrected chi connectivity index (χ1v) is 7.62. The van der Waals surface area contributed by atoms with Gasteiger partial charge in [-0.25, -0.2) is 0 Å². The number of hydrogen-bond donors (Lipinski definition) is 2. The van der Waals surface area contributed by atoms with Crippen molar-refractivity contribution in [3.63, 3.8) is 0 Å². The first kappa shape index (κ1) is 14.9. The first-order valence-electron chi connectivity index (χ1n) is 7.62. The van der Waals surface area contributed by atoms with Crippen LogP contribution in [0.5, 0.6) is 0 Å². The molecular weight excluding hydrogens is 250 g/mol. The molecular formula is C15H27N5. The number of likely N-dealkylation sites (tertiary alicyclic amines) is 1. The van der Waals surface area contributed by atoms with Gasteiger partial charge in [-0.2, -0.15) is 0 Å². The van der Waals surface area contributed by atoms with Gasteiger partial charge < -0.3 is 20.1 Å². The zero-order chi connectivity index (χ0) is 14.2. The molecule has 0 radical (unpaired) electrons. The second kappa shape index (κ2) is 7.94. The number of aromatic nitrogens is 1. The van der Waals surface area contributed by atoms with E-state index in [1.54, 1.807) is 0 Å². The van der Waals surface area contributed by atoms with E-state index in [1.807, 2.05) is 0 Å². The molecule has 5 nitrogen and oxygen atoms in total. The fourth-order valence-corrected chi connectivity index (χ4v) is 2.57. The molecule has 0 aromatic carbocycles. The zero-order valence-electron chi connectivity index (χ0n) is 12.7. The molecule has 0 saturated carbocycles. The smallest absolute Gasteiger partial charge is 0.191 e. The summed E-state index contributed by atoms with van der Waals surface area (Å²) in [5.41, 5.74) is 0. The molecule has 0 amide bonds. The zero-order valence-corrected chi connectivity index (χ0v) is 12.7. The summed E-state index contributed by atoms with van der Waals surface area (Å²) in [4.78, 5) is 7.12. The maximum Gasteiger partial charge on any atom is 0.191 e. The minimum atomic E-state index is 0.606. The molecule has 1 saturated heterocycles. The Kier molecular flexibility index (Phi) is 5.92. The van der Waals surface area contributed by atoms with Gasteiger partial charge >= 0.3 is 0 Å². The predicted octanol–water partition coefficient (Wildman–Crippen LogP) is 1.14. The highest BCUT2D eigenvalue weighted by molar-refractivity contribution is 5.79. The van der Waals surface area contributed by atoms with Crippen molar-refractivity contribution in [2.75, 3.05) is 33.2 Å². The largest absolute Gasteiger partial charge is 0.357 e. The van der Waals surface area contributed by atoms with E-state index in [1.165, 1.54) is 19.4 Å². The van der Waals surface area contributed by atoms with Crippen LogP contribution in [-0.4, -0.2) is 54.7 Å². The molecule has 1 aliphatic rings. The van der Waals surface area contributed by atoms with Gasteiger partial charge in [0.05, 0.1) is 6.54 Å². The molecule has 2 N–H and O–H groups in total. The molecule has 0 bridgehead atoms. The van der Waals surface area contributed by atoms with Crippen molar-refractivity contribution in [2.24, 2.45) is 4.99 Å². The standard InChI is InChI=1S/C15H27N5/c1-3-16-15(17-8-12-20-10-4-5-11-20)18-13-14-7-6-9-19(14)2/h4-5,10-11,14H,3,6-9,12-13H2,1-2H3,(H2,16,17,18). The Balaban J connectivity index is 1.76. The molecule has 1 unspecified atom stereocenters. The maximum absolute atomic E-state index is 4.71. The fraction of sp³-hybridized carbons (Fsp3) is 0.667. The van der Waals surface area contributed by atoms with E-state index in [0.29, 0.717) is 6.04 Å². The lowest BCUT2D eigenvalue weighted by molar-refractivity contribution is 0.317. The molecule has 5 heteroatoms. The van der Waals surface area contributed by atoms with E-state index in [-0.39, 0.29) is 0 Å². The SMILES string of the molecule is CCNC(=NCC1CCCN1C)NCCn1cccc1. The molecule has 2 rings (SSSR count). The summed E-state index contributed by atoms with van der Waals surface area (Å²) in [6.45, 7) is 6.94. The molecule has 1 atom stereocenters. The summed E-state index contributed by atoms with van der Waals surface area (Å²) in [6.07, 6.45) is 6.73. The number of guanidine groups is 1. The average molecular weight is 277 g/mol. The van der Waals surface area contributed by atoms with Gasteiger partial charge in [0.1, 0.15) is 0 Å². The highest BCUT2D eigenvalue weighted by Gasteiger charge is 2.20. The van der Waals surface area contributed by atoms with E-state index < -0.39 is 0 Å². The van der Waals surface area contributed by atoms with E-state index in [0.717, 1.165) is 32.1 Å². The van der Waals surface area contributed by atoms with E-state index in [4.69, 9.17) is 4.99 Å². The van der Waals surface area contributed by atoms with Crippen molar-refractivity contribution >= 4 is 5.96 Å². The summed E-state index contributed by atoms with van der Waals surface area (Å²) in [5.74, 6) is 0.931. The molecule has 20 heavy (non-hydrogen) atoms. The van der Waals surface area contributed by atoms with Crippen LogP contribution in [0.25, 0.3) is 0 Å². The van der Waals surface area contributed by atoms with Crippen LogP contribution in [0.1, 0.15) is 19.8 Å². The minimum absolute atomic E-state index is 0.606. The quantitative estimate of drug-likeness (QED) is 0.605. The van der Waals surface area contributed by atoms with Crippen LogP contribution >= 0.6 is 0 Å². The molecule has 0 spiro atoms. The second-order valence-electron chi connectivity index (χ2n) is 5.34. The van der Waals surface area contributed by atoms with Crippen molar-refractivity contribution in [3.8, 4) is 0 Å². The molecule has 2 heterocycles. The third-order valence-electron chi connectivity index (χ3n) is 3.80. The lowest BCUT2D eigenvalue weighted by Gasteiger charge is -2.18. The monoisotopic (exact) mass is 277 g/mol. The highest BCUT2D eigenvalue weighted by Crippen LogP contribution is 2.14. The number of rotatable bonds is 6. The maximum atomic E-state index is 4.71. The third kappa shape index (κ3) is 4.56. The number of nitrogens with one attached hydrogen (secondary N) is 2. The van der Waals surface area contributed by atoms with Crippen LogP contribution in [0, 0.1) is 0 Å². The van der Waals surface area contributed by atoms with Crippen LogP contribution in [0.15, 0.2) is 29.5 Å². The molecule has 1 aromatic rings. The van der Waals surface area contributed by atoms with Crippen LogP contribution in [0.2, 0.25) is 0 Å². The van der Waals surface area contributed by atoms with Gasteiger partial charge in [0.2, 0.25) is 0 Å². The van der Waals surface area contributed by atoms with Crippen LogP contribution in [-0.2, 0) is 6.54 Å². The second-order valence-corrected chi connectivity index (χ2v) is 5.34. The van der Waals surface area contributed by atoms with E-state index >= 15 is 0 Å². The molecule has 0 aliphatic carbocycles. The predicted molar refractivity (Wildman–Crippen MR) is 84.1 cm³/mol. The lowest BCUT2D eigenvalue weighted by atomic mass is 10.2. The Morgan fingerprint density at radius 3 is 2.75 bits per heavy atom. The molecule has 112 valence electrons. The first-order chi connectivity index (χ1) is 9.79. The summed E-state index contributed by atoms with van der Waals surface area (Å²) in [6, 6.07) is 4.71. The van der Waals surface area contributed by atoms with Crippen LogP contribution in [0.3, 0.4) is 0 Å². The third-order valence-corrected chi connectivity index (χ3v) is 3.80. The summed E-state index contributed by atoms with van der Waals surface area (Å²) in [5, 5.41) is 6.71. The minimum Gasteiger partial charge on any atom is -0.357 e. The number of nitrogens with zero attached hydrogens (tertiary/aromatic N) is 3. The Bertz CT molecular complexity index is 398. The van der Waals surface area contributed by atoms with E-state index in [9.17, 15) is 0 Å². The van der Waals surface area contributed by atoms with Gasteiger partial charge in [0.25, 0.3) is 0 Å². The van der Waals surface area contributed by atoms with Gasteiger partial charge in [-0.15, -0.1) is 0 Å². The van der Waals surface area contributed by atoms with Crippen molar-refractivity contribution in [3.05, 3.63) is 24.5 Å². The van der Waals surface area contributed by atoms with E-state index in [2.05, 4.69) is 58.6 Å². The Hall–Kier alpha value is -1.49. The van der Waals surface area contributed by atoms with Gasteiger partial charge in [0, 0.05) is 38.1 Å². The Labute approximate surface area is 122 Å². The van der Waals surface area contributed by atoms with Crippen LogP contribution < -0.4 is 10.6 Å². The lowest BCUT2D eigenvalue weighted by Crippen LogP contribution is -2.40. The van der Waals surface area contributed by atoms with Gasteiger partial charge in [-0.3, -0.25) is 4.99 Å². The highest BCUT2D eigenvalue weighted by atomic mass is 15.2. The van der Waals surface area contributed by atoms with Crippen molar-refractivity contribution in [2.45, 2.75) is 32.4 Å². The number of likely N-dealkylation sites (N-methyl/N-ethyl adjacent to an activating group) is 1.